The highest BCUT2D eigenvalue weighted by atomic mass is 32.2. The largest absolute Gasteiger partial charge is 0.451 e. The molecule has 1 amide bonds. The third-order valence-electron chi connectivity index (χ3n) is 4.43. The second kappa shape index (κ2) is 9.27. The molecule has 1 aliphatic carbocycles. The molecule has 1 saturated carbocycles. The van der Waals surface area contributed by atoms with Crippen molar-refractivity contribution in [1.82, 2.24) is 10.0 Å². The summed E-state index contributed by atoms with van der Waals surface area (Å²) in [5.74, 6) is -2.26. The normalized spacial score (nSPS) is 17.7. The van der Waals surface area contributed by atoms with Crippen molar-refractivity contribution < 1.29 is 27.1 Å². The maximum Gasteiger partial charge on any atom is 0.324 e. The van der Waals surface area contributed by atoms with E-state index in [9.17, 15) is 22.4 Å². The van der Waals surface area contributed by atoms with Crippen LogP contribution in [0.15, 0.2) is 29.2 Å². The Morgan fingerprint density at radius 1 is 1.15 bits per heavy atom. The van der Waals surface area contributed by atoms with Gasteiger partial charge in [0, 0.05) is 6.04 Å². The van der Waals surface area contributed by atoms with E-state index in [-0.39, 0.29) is 6.04 Å². The summed E-state index contributed by atoms with van der Waals surface area (Å²) in [6, 6.07) is 3.63. The van der Waals surface area contributed by atoms with Gasteiger partial charge in [0.25, 0.3) is 5.91 Å². The van der Waals surface area contributed by atoms with Crippen LogP contribution in [0.3, 0.4) is 0 Å². The Labute approximate surface area is 158 Å². The van der Waals surface area contributed by atoms with Crippen LogP contribution < -0.4 is 10.0 Å². The lowest BCUT2D eigenvalue weighted by Crippen LogP contribution is -2.46. The number of halogens is 1. The van der Waals surface area contributed by atoms with Gasteiger partial charge in [0.15, 0.2) is 6.10 Å². The topological polar surface area (TPSA) is 102 Å². The molecule has 150 valence electrons. The van der Waals surface area contributed by atoms with Gasteiger partial charge in [-0.05, 0) is 38.8 Å². The molecule has 0 radical (unpaired) electrons. The monoisotopic (exact) mass is 400 g/mol. The predicted octanol–water partition coefficient (Wildman–Crippen LogP) is 1.87. The smallest absolute Gasteiger partial charge is 0.324 e. The average Bonchev–Trinajstić information content (AvgIpc) is 2.62. The quantitative estimate of drug-likeness (QED) is 0.681. The van der Waals surface area contributed by atoms with Gasteiger partial charge in [-0.25, -0.2) is 12.8 Å². The summed E-state index contributed by atoms with van der Waals surface area (Å²) in [7, 11) is -4.24. The first-order valence-electron chi connectivity index (χ1n) is 8.98. The highest BCUT2D eigenvalue weighted by Gasteiger charge is 2.28. The molecule has 7 nitrogen and oxygen atoms in total. The molecule has 2 atom stereocenters. The van der Waals surface area contributed by atoms with Crippen molar-refractivity contribution >= 4 is 21.9 Å². The SMILES string of the molecule is C[C@H](NS(=O)(=O)c1ccccc1F)C(=O)O[C@@H](C)C(=O)NC1CCCCC1. The van der Waals surface area contributed by atoms with Gasteiger partial charge in [0.1, 0.15) is 16.8 Å². The Morgan fingerprint density at radius 3 is 2.41 bits per heavy atom. The van der Waals surface area contributed by atoms with E-state index < -0.39 is 44.8 Å². The summed E-state index contributed by atoms with van der Waals surface area (Å²) >= 11 is 0. The Kier molecular flexibility index (Phi) is 7.32. The lowest BCUT2D eigenvalue weighted by atomic mass is 9.95. The molecular weight excluding hydrogens is 375 g/mol. The minimum Gasteiger partial charge on any atom is -0.451 e. The van der Waals surface area contributed by atoms with E-state index in [1.807, 2.05) is 0 Å². The summed E-state index contributed by atoms with van der Waals surface area (Å²) in [4.78, 5) is 23.7. The maximum atomic E-state index is 13.7. The summed E-state index contributed by atoms with van der Waals surface area (Å²) in [5.41, 5.74) is 0. The molecule has 1 aromatic rings. The fourth-order valence-corrected chi connectivity index (χ4v) is 4.17. The summed E-state index contributed by atoms with van der Waals surface area (Å²) in [6.07, 6.45) is 3.98. The van der Waals surface area contributed by atoms with Gasteiger partial charge in [0.2, 0.25) is 10.0 Å². The van der Waals surface area contributed by atoms with Crippen LogP contribution in [0, 0.1) is 5.82 Å². The number of sulfonamides is 1. The number of amides is 1. The van der Waals surface area contributed by atoms with Gasteiger partial charge < -0.3 is 10.1 Å². The van der Waals surface area contributed by atoms with Crippen LogP contribution in [0.5, 0.6) is 0 Å². The van der Waals surface area contributed by atoms with E-state index >= 15 is 0 Å². The third kappa shape index (κ3) is 6.00. The number of hydrogen-bond acceptors (Lipinski definition) is 5. The van der Waals surface area contributed by atoms with Crippen molar-refractivity contribution in [2.45, 2.75) is 69.0 Å². The third-order valence-corrected chi connectivity index (χ3v) is 6.00. The van der Waals surface area contributed by atoms with Crippen LogP contribution >= 0.6 is 0 Å². The first kappa shape index (κ1) is 21.3. The van der Waals surface area contributed by atoms with Crippen LogP contribution in [0.1, 0.15) is 46.0 Å². The molecule has 1 aliphatic rings. The Balaban J connectivity index is 1.90. The molecule has 9 heteroatoms. The maximum absolute atomic E-state index is 13.7. The summed E-state index contributed by atoms with van der Waals surface area (Å²) in [6.45, 7) is 2.70. The van der Waals surface area contributed by atoms with E-state index in [2.05, 4.69) is 10.0 Å². The molecule has 0 unspecified atom stereocenters. The fourth-order valence-electron chi connectivity index (χ4n) is 2.90. The van der Waals surface area contributed by atoms with E-state index in [1.165, 1.54) is 26.0 Å². The van der Waals surface area contributed by atoms with E-state index in [0.29, 0.717) is 0 Å². The molecule has 0 spiro atoms. The zero-order valence-electron chi connectivity index (χ0n) is 15.4. The number of ether oxygens (including phenoxy) is 1. The molecule has 1 fully saturated rings. The van der Waals surface area contributed by atoms with Crippen molar-refractivity contribution in [3.8, 4) is 0 Å². The molecule has 2 N–H and O–H groups in total. The Morgan fingerprint density at radius 2 is 1.78 bits per heavy atom. The zero-order valence-corrected chi connectivity index (χ0v) is 16.2. The number of rotatable bonds is 7. The van der Waals surface area contributed by atoms with Crippen molar-refractivity contribution in [1.29, 1.82) is 0 Å². The molecule has 2 rings (SSSR count). The van der Waals surface area contributed by atoms with Gasteiger partial charge in [-0.1, -0.05) is 31.4 Å². The van der Waals surface area contributed by atoms with Crippen molar-refractivity contribution in [2.24, 2.45) is 0 Å². The first-order valence-corrected chi connectivity index (χ1v) is 10.5. The zero-order chi connectivity index (χ0) is 20.0. The summed E-state index contributed by atoms with van der Waals surface area (Å²) < 4.78 is 45.2. The molecule has 0 aliphatic heterocycles. The molecular formula is C18H25FN2O5S. The van der Waals surface area contributed by atoms with Crippen molar-refractivity contribution in [3.63, 3.8) is 0 Å². The number of hydrogen-bond donors (Lipinski definition) is 2. The number of esters is 1. The molecule has 0 bridgehead atoms. The highest BCUT2D eigenvalue weighted by molar-refractivity contribution is 7.89. The van der Waals surface area contributed by atoms with Gasteiger partial charge in [-0.2, -0.15) is 4.72 Å². The minimum atomic E-state index is -4.24. The lowest BCUT2D eigenvalue weighted by Gasteiger charge is -2.24. The predicted molar refractivity (Wildman–Crippen MR) is 96.8 cm³/mol. The van der Waals surface area contributed by atoms with Crippen LogP contribution in [0.2, 0.25) is 0 Å². The summed E-state index contributed by atoms with van der Waals surface area (Å²) in [5, 5.41) is 2.84. The molecule has 1 aromatic carbocycles. The van der Waals surface area contributed by atoms with Crippen LogP contribution in [-0.4, -0.2) is 38.5 Å². The van der Waals surface area contributed by atoms with Gasteiger partial charge >= 0.3 is 5.97 Å². The average molecular weight is 400 g/mol. The van der Waals surface area contributed by atoms with Gasteiger partial charge in [-0.15, -0.1) is 0 Å². The van der Waals surface area contributed by atoms with Crippen LogP contribution in [-0.2, 0) is 24.3 Å². The standard InChI is InChI=1S/C18H25FN2O5S/c1-12(21-27(24,25)16-11-7-6-10-15(16)19)18(23)26-13(2)17(22)20-14-8-4-3-5-9-14/h6-7,10-14,21H,3-5,8-9H2,1-2H3,(H,20,22)/t12-,13-/m0/s1. The molecule has 0 heterocycles. The van der Waals surface area contributed by atoms with Gasteiger partial charge in [-0.3, -0.25) is 9.59 Å². The van der Waals surface area contributed by atoms with E-state index in [4.69, 9.17) is 4.74 Å². The highest BCUT2D eigenvalue weighted by Crippen LogP contribution is 2.18. The van der Waals surface area contributed by atoms with Crippen LogP contribution in [0.25, 0.3) is 0 Å². The molecule has 27 heavy (non-hydrogen) atoms. The lowest BCUT2D eigenvalue weighted by molar-refractivity contribution is -0.156. The van der Waals surface area contributed by atoms with Crippen molar-refractivity contribution in [3.05, 3.63) is 30.1 Å². The number of carbonyl (C=O) groups excluding carboxylic acids is 2. The van der Waals surface area contributed by atoms with E-state index in [0.717, 1.165) is 44.2 Å². The van der Waals surface area contributed by atoms with Crippen LogP contribution in [0.4, 0.5) is 4.39 Å². The number of benzene rings is 1. The van der Waals surface area contributed by atoms with E-state index in [1.54, 1.807) is 0 Å². The minimum absolute atomic E-state index is 0.0735. The second-order valence-corrected chi connectivity index (χ2v) is 8.38. The fraction of sp³-hybridized carbons (Fsp3) is 0.556. The molecule has 0 saturated heterocycles. The Hall–Kier alpha value is -2.00. The molecule has 0 aromatic heterocycles. The number of carbonyl (C=O) groups is 2. The number of nitrogens with one attached hydrogen (secondary N) is 2. The van der Waals surface area contributed by atoms with Crippen molar-refractivity contribution in [2.75, 3.05) is 0 Å². The Bertz CT molecular complexity index is 778. The first-order chi connectivity index (χ1) is 12.7. The second-order valence-electron chi connectivity index (χ2n) is 6.70. The van der Waals surface area contributed by atoms with Gasteiger partial charge in [0.05, 0.1) is 0 Å².